The van der Waals surface area contributed by atoms with Crippen LogP contribution in [-0.2, 0) is 4.79 Å². The van der Waals surface area contributed by atoms with E-state index in [1.807, 2.05) is 0 Å². The number of hydrogen-bond acceptors (Lipinski definition) is 7. The largest absolute Gasteiger partial charge is 0.454 e. The number of rotatable bonds is 5. The molecule has 9 heteroatoms. The van der Waals surface area contributed by atoms with Gasteiger partial charge in [0, 0.05) is 11.3 Å². The normalized spacial score (nSPS) is 12.2. The second kappa shape index (κ2) is 7.28. The number of carbonyl (C=O) groups excluding carboxylic acids is 1. The molecule has 0 spiro atoms. The molecular formula is C18H14FN3O4S. The minimum absolute atomic E-state index is 0.0543. The van der Waals surface area contributed by atoms with Gasteiger partial charge in [0.1, 0.15) is 5.82 Å². The minimum Gasteiger partial charge on any atom is -0.454 e. The van der Waals surface area contributed by atoms with Crippen molar-refractivity contribution >= 4 is 23.4 Å². The number of halogens is 1. The van der Waals surface area contributed by atoms with Crippen molar-refractivity contribution < 1.29 is 23.1 Å². The SMILES string of the molecule is Cc1ccc(F)cc1NC(=O)CSc1nnc(-c2ccc3c(c2)OCO3)o1. The molecule has 0 radical (unpaired) electrons. The summed E-state index contributed by atoms with van der Waals surface area (Å²) in [5.41, 5.74) is 1.91. The van der Waals surface area contributed by atoms with Gasteiger partial charge < -0.3 is 19.2 Å². The van der Waals surface area contributed by atoms with Crippen LogP contribution in [0.2, 0.25) is 0 Å². The van der Waals surface area contributed by atoms with Crippen molar-refractivity contribution in [1.82, 2.24) is 10.2 Å². The number of aryl methyl sites for hydroxylation is 1. The van der Waals surface area contributed by atoms with Gasteiger partial charge in [-0.25, -0.2) is 4.39 Å². The van der Waals surface area contributed by atoms with Crippen molar-refractivity contribution in [1.29, 1.82) is 0 Å². The molecule has 1 aromatic heterocycles. The molecule has 0 atom stereocenters. The molecule has 1 N–H and O–H groups in total. The van der Waals surface area contributed by atoms with Crippen LogP contribution < -0.4 is 14.8 Å². The van der Waals surface area contributed by atoms with Gasteiger partial charge in [0.25, 0.3) is 5.22 Å². The highest BCUT2D eigenvalue weighted by atomic mass is 32.2. The summed E-state index contributed by atoms with van der Waals surface area (Å²) in [6, 6.07) is 9.54. The summed E-state index contributed by atoms with van der Waals surface area (Å²) in [7, 11) is 0. The maximum Gasteiger partial charge on any atom is 0.277 e. The molecule has 4 rings (SSSR count). The fraction of sp³-hybridized carbons (Fsp3) is 0.167. The molecule has 0 saturated heterocycles. The Labute approximate surface area is 157 Å². The lowest BCUT2D eigenvalue weighted by Crippen LogP contribution is -2.15. The van der Waals surface area contributed by atoms with E-state index in [9.17, 15) is 9.18 Å². The first-order valence-corrected chi connectivity index (χ1v) is 8.99. The number of carbonyl (C=O) groups is 1. The molecule has 3 aromatic rings. The van der Waals surface area contributed by atoms with Crippen molar-refractivity contribution in [2.24, 2.45) is 0 Å². The van der Waals surface area contributed by atoms with Crippen LogP contribution in [0.1, 0.15) is 5.56 Å². The lowest BCUT2D eigenvalue weighted by Gasteiger charge is -2.07. The summed E-state index contributed by atoms with van der Waals surface area (Å²) >= 11 is 1.10. The third-order valence-corrected chi connectivity index (χ3v) is 4.64. The van der Waals surface area contributed by atoms with E-state index in [2.05, 4.69) is 15.5 Å². The summed E-state index contributed by atoms with van der Waals surface area (Å²) < 4.78 is 29.5. The molecule has 1 aliphatic heterocycles. The maximum atomic E-state index is 13.3. The van der Waals surface area contributed by atoms with Crippen molar-refractivity contribution in [3.05, 3.63) is 47.8 Å². The molecular weight excluding hydrogens is 373 g/mol. The van der Waals surface area contributed by atoms with E-state index >= 15 is 0 Å². The summed E-state index contributed by atoms with van der Waals surface area (Å²) in [6.07, 6.45) is 0. The first kappa shape index (κ1) is 17.3. The third kappa shape index (κ3) is 3.87. The van der Waals surface area contributed by atoms with Gasteiger partial charge in [0.2, 0.25) is 18.6 Å². The lowest BCUT2D eigenvalue weighted by molar-refractivity contribution is -0.113. The third-order valence-electron chi connectivity index (χ3n) is 3.83. The first-order valence-electron chi connectivity index (χ1n) is 8.01. The molecule has 0 unspecified atom stereocenters. The number of aromatic nitrogens is 2. The zero-order valence-electron chi connectivity index (χ0n) is 14.2. The van der Waals surface area contributed by atoms with Crippen LogP contribution in [0, 0.1) is 12.7 Å². The molecule has 0 fully saturated rings. The van der Waals surface area contributed by atoms with Crippen molar-refractivity contribution in [2.75, 3.05) is 17.9 Å². The Balaban J connectivity index is 1.38. The Morgan fingerprint density at radius 3 is 2.93 bits per heavy atom. The van der Waals surface area contributed by atoms with Gasteiger partial charge in [-0.15, -0.1) is 10.2 Å². The van der Waals surface area contributed by atoms with Crippen molar-refractivity contribution in [3.63, 3.8) is 0 Å². The predicted octanol–water partition coefficient (Wildman–Crippen LogP) is 3.64. The number of anilines is 1. The van der Waals surface area contributed by atoms with E-state index in [0.717, 1.165) is 17.3 Å². The van der Waals surface area contributed by atoms with Gasteiger partial charge >= 0.3 is 0 Å². The second-order valence-electron chi connectivity index (χ2n) is 5.74. The van der Waals surface area contributed by atoms with Gasteiger partial charge in [0.05, 0.1) is 5.75 Å². The molecule has 0 aliphatic carbocycles. The van der Waals surface area contributed by atoms with Gasteiger partial charge in [-0.3, -0.25) is 4.79 Å². The Bertz CT molecular complexity index is 1010. The standard InChI is InChI=1S/C18H14FN3O4S/c1-10-2-4-12(19)7-13(10)20-16(23)8-27-18-22-21-17(26-18)11-3-5-14-15(6-11)25-9-24-14/h2-7H,8-9H2,1H3,(H,20,23). The average Bonchev–Trinajstić information content (AvgIpc) is 3.31. The van der Waals surface area contributed by atoms with E-state index in [4.69, 9.17) is 13.9 Å². The first-order chi connectivity index (χ1) is 13.1. The number of nitrogens with one attached hydrogen (secondary N) is 1. The fourth-order valence-electron chi connectivity index (χ4n) is 2.46. The summed E-state index contributed by atoms with van der Waals surface area (Å²) in [5.74, 6) is 0.947. The number of hydrogen-bond donors (Lipinski definition) is 1. The number of ether oxygens (including phenoxy) is 2. The number of thioether (sulfide) groups is 1. The van der Waals surface area contributed by atoms with Crippen LogP contribution in [0.15, 0.2) is 46.0 Å². The van der Waals surface area contributed by atoms with Crippen LogP contribution in [0.25, 0.3) is 11.5 Å². The molecule has 138 valence electrons. The van der Waals surface area contributed by atoms with Crippen LogP contribution in [0.4, 0.5) is 10.1 Å². The predicted molar refractivity (Wildman–Crippen MR) is 96.3 cm³/mol. The molecule has 7 nitrogen and oxygen atoms in total. The van der Waals surface area contributed by atoms with Crippen LogP contribution in [0.3, 0.4) is 0 Å². The van der Waals surface area contributed by atoms with Gasteiger partial charge in [-0.05, 0) is 42.8 Å². The Kier molecular flexibility index (Phi) is 4.68. The lowest BCUT2D eigenvalue weighted by atomic mass is 10.2. The van der Waals surface area contributed by atoms with E-state index in [1.165, 1.54) is 12.1 Å². The highest BCUT2D eigenvalue weighted by molar-refractivity contribution is 7.99. The number of amides is 1. The van der Waals surface area contributed by atoms with E-state index < -0.39 is 5.82 Å². The summed E-state index contributed by atoms with van der Waals surface area (Å²) in [6.45, 7) is 1.97. The van der Waals surface area contributed by atoms with Crippen LogP contribution >= 0.6 is 11.8 Å². The zero-order valence-corrected chi connectivity index (χ0v) is 15.0. The molecule has 2 aromatic carbocycles. The summed E-state index contributed by atoms with van der Waals surface area (Å²) in [4.78, 5) is 12.1. The van der Waals surface area contributed by atoms with Gasteiger partial charge in [0.15, 0.2) is 11.5 Å². The number of fused-ring (bicyclic) bond motifs is 1. The molecule has 0 saturated carbocycles. The molecule has 2 heterocycles. The van der Waals surface area contributed by atoms with Crippen LogP contribution in [0.5, 0.6) is 11.5 Å². The van der Waals surface area contributed by atoms with E-state index in [-0.39, 0.29) is 23.7 Å². The molecule has 1 aliphatic rings. The average molecular weight is 387 g/mol. The number of nitrogens with zero attached hydrogens (tertiary/aromatic N) is 2. The van der Waals surface area contributed by atoms with Crippen molar-refractivity contribution in [3.8, 4) is 23.0 Å². The Hall–Kier alpha value is -3.07. The van der Waals surface area contributed by atoms with Gasteiger partial charge in [-0.1, -0.05) is 17.8 Å². The molecule has 27 heavy (non-hydrogen) atoms. The monoisotopic (exact) mass is 387 g/mol. The van der Waals surface area contributed by atoms with E-state index in [1.54, 1.807) is 31.2 Å². The zero-order chi connectivity index (χ0) is 18.8. The topological polar surface area (TPSA) is 86.5 Å². The Morgan fingerprint density at radius 2 is 2.04 bits per heavy atom. The molecule has 1 amide bonds. The fourth-order valence-corrected chi connectivity index (χ4v) is 3.02. The number of benzene rings is 2. The minimum atomic E-state index is -0.408. The highest BCUT2D eigenvalue weighted by Crippen LogP contribution is 2.36. The highest BCUT2D eigenvalue weighted by Gasteiger charge is 2.17. The smallest absolute Gasteiger partial charge is 0.277 e. The maximum absolute atomic E-state index is 13.3. The van der Waals surface area contributed by atoms with Crippen LogP contribution in [-0.4, -0.2) is 28.7 Å². The van der Waals surface area contributed by atoms with Crippen molar-refractivity contribution in [2.45, 2.75) is 12.1 Å². The van der Waals surface area contributed by atoms with Gasteiger partial charge in [-0.2, -0.15) is 0 Å². The second-order valence-corrected chi connectivity index (χ2v) is 6.66. The molecule has 0 bridgehead atoms. The Morgan fingerprint density at radius 1 is 1.19 bits per heavy atom. The quantitative estimate of drug-likeness (QED) is 0.669. The summed E-state index contributed by atoms with van der Waals surface area (Å²) in [5, 5.41) is 10.8. The van der Waals surface area contributed by atoms with E-state index in [0.29, 0.717) is 28.6 Å².